The molecule has 2 atom stereocenters. The van der Waals surface area contributed by atoms with Crippen molar-refractivity contribution in [2.75, 3.05) is 10.6 Å². The Bertz CT molecular complexity index is 1930. The molecule has 2 aromatic heterocycles. The van der Waals surface area contributed by atoms with Gasteiger partial charge in [-0.3, -0.25) is 9.99 Å². The highest BCUT2D eigenvalue weighted by Gasteiger charge is 2.67. The Morgan fingerprint density at radius 3 is 2.53 bits per heavy atom. The van der Waals surface area contributed by atoms with Crippen molar-refractivity contribution < 1.29 is 17.6 Å². The molecule has 0 spiro atoms. The van der Waals surface area contributed by atoms with Crippen molar-refractivity contribution in [2.45, 2.75) is 56.4 Å². The van der Waals surface area contributed by atoms with Gasteiger partial charge in [0.25, 0.3) is 0 Å². The van der Waals surface area contributed by atoms with E-state index in [1.807, 2.05) is 30.3 Å². The topological polar surface area (TPSA) is 125 Å². The molecule has 1 unspecified atom stereocenters. The summed E-state index contributed by atoms with van der Waals surface area (Å²) in [7, 11) is 0. The van der Waals surface area contributed by atoms with Crippen molar-refractivity contribution >= 4 is 33.9 Å². The van der Waals surface area contributed by atoms with Gasteiger partial charge in [-0.25, -0.2) is 4.98 Å². The third kappa shape index (κ3) is 6.20. The van der Waals surface area contributed by atoms with E-state index in [-0.39, 0.29) is 35.9 Å². The Balaban J connectivity index is 1.43. The van der Waals surface area contributed by atoms with Crippen LogP contribution in [-0.2, 0) is 0 Å². The monoisotopic (exact) mass is 661 g/mol. The summed E-state index contributed by atoms with van der Waals surface area (Å²) in [5, 5.41) is 27.9. The maximum atomic E-state index is 14.0. The van der Waals surface area contributed by atoms with Crippen molar-refractivity contribution in [3.8, 4) is 12.1 Å². The standard InChI is InChI=1S/C33H28ClF4N9/c1-19-23(9-10-28(35)42-19)31(27-18-47(46-45-27)32(11-12-32)33(36,37)38)43-22-14-24-29(21(16-40)17-41-30(24)25(34)15-22)44-26(8-5-13-39)20-6-3-2-4-7-20/h2-4,6-7,9-10,14-15,17-18,26,31,43,45-46H,5,8,11-12H2,1H3,(H,41,44)/t26-,31?/m1/s1. The minimum Gasteiger partial charge on any atom is -0.377 e. The highest BCUT2D eigenvalue weighted by Crippen LogP contribution is 2.54. The van der Waals surface area contributed by atoms with Crippen LogP contribution in [0.15, 0.2) is 72.7 Å². The molecule has 47 heavy (non-hydrogen) atoms. The van der Waals surface area contributed by atoms with Gasteiger partial charge in [0.2, 0.25) is 5.95 Å². The van der Waals surface area contributed by atoms with Crippen LogP contribution in [0, 0.1) is 35.5 Å². The molecule has 0 radical (unpaired) electrons. The van der Waals surface area contributed by atoms with E-state index >= 15 is 0 Å². The maximum Gasteiger partial charge on any atom is 0.413 e. The fraction of sp³-hybridized carbons (Fsp3) is 0.273. The summed E-state index contributed by atoms with van der Waals surface area (Å²) < 4.78 is 55.9. The summed E-state index contributed by atoms with van der Waals surface area (Å²) in [6.07, 6.45) is -1.09. The van der Waals surface area contributed by atoms with Gasteiger partial charge in [0.1, 0.15) is 6.07 Å². The smallest absolute Gasteiger partial charge is 0.377 e. The Morgan fingerprint density at radius 1 is 1.11 bits per heavy atom. The minimum absolute atomic E-state index is 0.0627. The lowest BCUT2D eigenvalue weighted by Crippen LogP contribution is -2.52. The quantitative estimate of drug-likeness (QED) is 0.101. The van der Waals surface area contributed by atoms with E-state index in [2.05, 4.69) is 43.7 Å². The van der Waals surface area contributed by atoms with E-state index in [4.69, 9.17) is 11.6 Å². The molecule has 240 valence electrons. The molecule has 6 rings (SSSR count). The highest BCUT2D eigenvalue weighted by atomic mass is 35.5. The zero-order valence-corrected chi connectivity index (χ0v) is 25.7. The van der Waals surface area contributed by atoms with Gasteiger partial charge >= 0.3 is 6.18 Å². The van der Waals surface area contributed by atoms with Crippen LogP contribution in [0.1, 0.15) is 60.2 Å². The predicted molar refractivity (Wildman–Crippen MR) is 169 cm³/mol. The number of rotatable bonds is 10. The Kier molecular flexibility index (Phi) is 8.53. The third-order valence-electron chi connectivity index (χ3n) is 8.44. The lowest BCUT2D eigenvalue weighted by molar-refractivity contribution is -0.195. The van der Waals surface area contributed by atoms with Gasteiger partial charge in [-0.05, 0) is 49.9 Å². The first kappa shape index (κ1) is 31.9. The van der Waals surface area contributed by atoms with Crippen LogP contribution in [0.25, 0.3) is 10.9 Å². The van der Waals surface area contributed by atoms with Crippen molar-refractivity contribution in [1.82, 2.24) is 25.9 Å². The number of hydrazine groups is 2. The number of aryl methyl sites for hydroxylation is 1. The number of nitrogens with one attached hydrogen (secondary N) is 4. The molecule has 4 N–H and O–H groups in total. The van der Waals surface area contributed by atoms with Gasteiger partial charge in [-0.2, -0.15) is 28.1 Å². The maximum absolute atomic E-state index is 14.0. The number of anilines is 2. The molecule has 0 bridgehead atoms. The van der Waals surface area contributed by atoms with Gasteiger partial charge in [0, 0.05) is 41.1 Å². The van der Waals surface area contributed by atoms with Gasteiger partial charge < -0.3 is 16.1 Å². The summed E-state index contributed by atoms with van der Waals surface area (Å²) in [5.74, 6) is -0.698. The second-order valence-electron chi connectivity index (χ2n) is 11.4. The SMILES string of the molecule is Cc1nc(F)ccc1C(Nc1cc(Cl)c2ncc(C#N)c(N[C@H](CCC#N)c3ccccc3)c2c1)C1=CN(C2(C(F)(F)F)CC2)NN1. The third-order valence-corrected chi connectivity index (χ3v) is 8.73. The molecule has 0 amide bonds. The van der Waals surface area contributed by atoms with Crippen LogP contribution >= 0.6 is 11.6 Å². The van der Waals surface area contributed by atoms with Crippen molar-refractivity contribution in [3.63, 3.8) is 0 Å². The van der Waals surface area contributed by atoms with E-state index in [0.717, 1.165) is 10.6 Å². The fourth-order valence-corrected chi connectivity index (χ4v) is 6.06. The first-order valence-electron chi connectivity index (χ1n) is 14.7. The van der Waals surface area contributed by atoms with Crippen LogP contribution in [0.2, 0.25) is 5.02 Å². The molecule has 4 aromatic rings. The molecule has 1 fully saturated rings. The number of nitriles is 2. The molecule has 2 aliphatic rings. The molecule has 14 heteroatoms. The second kappa shape index (κ2) is 12.6. The van der Waals surface area contributed by atoms with Crippen LogP contribution in [0.3, 0.4) is 0 Å². The molecule has 1 aliphatic carbocycles. The van der Waals surface area contributed by atoms with E-state index < -0.39 is 23.7 Å². The first-order chi connectivity index (χ1) is 22.5. The average Bonchev–Trinajstić information content (AvgIpc) is 3.73. The Morgan fingerprint density at radius 2 is 1.87 bits per heavy atom. The minimum atomic E-state index is -4.46. The summed E-state index contributed by atoms with van der Waals surface area (Å²) in [4.78, 5) is 8.36. The van der Waals surface area contributed by atoms with E-state index in [0.29, 0.717) is 45.7 Å². The number of hydrogen-bond acceptors (Lipinski definition) is 9. The number of halogens is 5. The molecular formula is C33H28ClF4N9. The number of nitrogens with zero attached hydrogens (tertiary/aromatic N) is 5. The summed E-state index contributed by atoms with van der Waals surface area (Å²) in [6, 6.07) is 18.8. The van der Waals surface area contributed by atoms with Crippen LogP contribution in [0.4, 0.5) is 28.9 Å². The summed E-state index contributed by atoms with van der Waals surface area (Å²) in [6.45, 7) is 1.61. The Hall–Kier alpha value is -5.11. The zero-order chi connectivity index (χ0) is 33.3. The second-order valence-corrected chi connectivity index (χ2v) is 11.8. The van der Waals surface area contributed by atoms with Crippen molar-refractivity contribution in [3.05, 3.63) is 106 Å². The van der Waals surface area contributed by atoms with Crippen LogP contribution in [0.5, 0.6) is 0 Å². The normalized spacial score (nSPS) is 16.4. The molecular weight excluding hydrogens is 634 g/mol. The molecule has 0 saturated heterocycles. The first-order valence-corrected chi connectivity index (χ1v) is 15.1. The van der Waals surface area contributed by atoms with Crippen molar-refractivity contribution in [1.29, 1.82) is 10.5 Å². The number of pyridine rings is 2. The summed E-state index contributed by atoms with van der Waals surface area (Å²) in [5.41, 5.74) is 7.10. The van der Waals surface area contributed by atoms with E-state index in [9.17, 15) is 28.1 Å². The largest absolute Gasteiger partial charge is 0.413 e. The molecule has 1 saturated carbocycles. The van der Waals surface area contributed by atoms with Gasteiger partial charge in [-0.15, -0.1) is 5.53 Å². The molecule has 2 aromatic carbocycles. The number of hydrogen-bond donors (Lipinski definition) is 4. The van der Waals surface area contributed by atoms with Crippen LogP contribution < -0.4 is 21.6 Å². The average molecular weight is 662 g/mol. The van der Waals surface area contributed by atoms with Gasteiger partial charge in [0.15, 0.2) is 5.54 Å². The number of fused-ring (bicyclic) bond motifs is 1. The number of aromatic nitrogens is 2. The lowest BCUT2D eigenvalue weighted by Gasteiger charge is -2.28. The molecule has 9 nitrogen and oxygen atoms in total. The van der Waals surface area contributed by atoms with Crippen LogP contribution in [-0.4, -0.2) is 26.7 Å². The van der Waals surface area contributed by atoms with Gasteiger partial charge in [0.05, 0.1) is 45.6 Å². The summed E-state index contributed by atoms with van der Waals surface area (Å²) >= 11 is 6.76. The van der Waals surface area contributed by atoms with E-state index in [1.54, 1.807) is 19.1 Å². The molecule has 1 aliphatic heterocycles. The van der Waals surface area contributed by atoms with Gasteiger partial charge in [-0.1, -0.05) is 48.0 Å². The zero-order valence-electron chi connectivity index (χ0n) is 25.0. The predicted octanol–water partition coefficient (Wildman–Crippen LogP) is 7.47. The fourth-order valence-electron chi connectivity index (χ4n) is 5.79. The number of alkyl halides is 3. The number of benzene rings is 2. The van der Waals surface area contributed by atoms with Crippen molar-refractivity contribution in [2.24, 2.45) is 0 Å². The Labute approximate surface area is 272 Å². The highest BCUT2D eigenvalue weighted by molar-refractivity contribution is 6.35. The molecule has 3 heterocycles. The lowest BCUT2D eigenvalue weighted by atomic mass is 10.00. The van der Waals surface area contributed by atoms with E-state index in [1.165, 1.54) is 24.5 Å².